The average Bonchev–Trinajstić information content (AvgIpc) is 2.36. The van der Waals surface area contributed by atoms with Gasteiger partial charge in [0.15, 0.2) is 0 Å². The van der Waals surface area contributed by atoms with Crippen LogP contribution in [0.25, 0.3) is 0 Å². The summed E-state index contributed by atoms with van der Waals surface area (Å²) < 4.78 is 0. The minimum atomic E-state index is -0.558. The van der Waals surface area contributed by atoms with E-state index in [-0.39, 0.29) is 5.41 Å². The standard InChI is InChI=1S/C19H26O/c1-16(2)9-8-14-19(3,4)15-18(20)13-12-17-10-6-5-7-11-17/h5-7,9-11,18,20H,8,14-15H2,1-4H3. The molecule has 0 aliphatic heterocycles. The molecule has 0 aliphatic rings. The van der Waals surface area contributed by atoms with Crippen molar-refractivity contribution in [3.8, 4) is 11.8 Å². The second kappa shape index (κ2) is 7.92. The molecule has 0 aliphatic carbocycles. The number of allylic oxidation sites excluding steroid dienone is 2. The predicted molar refractivity (Wildman–Crippen MR) is 86.4 cm³/mol. The Morgan fingerprint density at radius 1 is 1.25 bits per heavy atom. The summed E-state index contributed by atoms with van der Waals surface area (Å²) in [5.41, 5.74) is 2.41. The van der Waals surface area contributed by atoms with Crippen molar-refractivity contribution in [3.63, 3.8) is 0 Å². The van der Waals surface area contributed by atoms with E-state index >= 15 is 0 Å². The Balaban J connectivity index is 2.50. The van der Waals surface area contributed by atoms with Crippen LogP contribution in [-0.2, 0) is 0 Å². The van der Waals surface area contributed by atoms with Crippen molar-refractivity contribution in [2.45, 2.75) is 53.1 Å². The van der Waals surface area contributed by atoms with E-state index in [0.717, 1.165) is 18.4 Å². The lowest BCUT2D eigenvalue weighted by atomic mass is 9.82. The molecule has 0 bridgehead atoms. The molecule has 1 rings (SSSR count). The molecular weight excluding hydrogens is 244 g/mol. The van der Waals surface area contributed by atoms with Crippen molar-refractivity contribution in [1.29, 1.82) is 0 Å². The van der Waals surface area contributed by atoms with Gasteiger partial charge in [0.2, 0.25) is 0 Å². The minimum absolute atomic E-state index is 0.108. The molecule has 1 heteroatoms. The van der Waals surface area contributed by atoms with E-state index in [1.807, 2.05) is 30.3 Å². The van der Waals surface area contributed by atoms with Crippen molar-refractivity contribution in [1.82, 2.24) is 0 Å². The highest BCUT2D eigenvalue weighted by atomic mass is 16.3. The zero-order valence-corrected chi connectivity index (χ0v) is 13.1. The van der Waals surface area contributed by atoms with Gasteiger partial charge in [-0.25, -0.2) is 0 Å². The van der Waals surface area contributed by atoms with E-state index in [4.69, 9.17) is 0 Å². The monoisotopic (exact) mass is 270 g/mol. The highest BCUT2D eigenvalue weighted by Gasteiger charge is 2.20. The first-order valence-corrected chi connectivity index (χ1v) is 7.27. The van der Waals surface area contributed by atoms with Crippen LogP contribution >= 0.6 is 0 Å². The molecule has 0 aromatic heterocycles. The van der Waals surface area contributed by atoms with Gasteiger partial charge in [0.25, 0.3) is 0 Å². The quantitative estimate of drug-likeness (QED) is 0.614. The van der Waals surface area contributed by atoms with E-state index in [0.29, 0.717) is 6.42 Å². The van der Waals surface area contributed by atoms with Gasteiger partial charge in [-0.15, -0.1) is 0 Å². The van der Waals surface area contributed by atoms with Crippen LogP contribution in [-0.4, -0.2) is 11.2 Å². The fourth-order valence-corrected chi connectivity index (χ4v) is 2.12. The number of aliphatic hydroxyl groups is 1. The number of hydrogen-bond donors (Lipinski definition) is 1. The highest BCUT2D eigenvalue weighted by Crippen LogP contribution is 2.28. The first-order chi connectivity index (χ1) is 9.39. The van der Waals surface area contributed by atoms with Crippen molar-refractivity contribution in [2.75, 3.05) is 0 Å². The summed E-state index contributed by atoms with van der Waals surface area (Å²) in [5.74, 6) is 5.97. The van der Waals surface area contributed by atoms with Gasteiger partial charge in [-0.1, -0.05) is 55.5 Å². The molecule has 1 N–H and O–H groups in total. The van der Waals surface area contributed by atoms with Crippen LogP contribution in [0.5, 0.6) is 0 Å². The van der Waals surface area contributed by atoms with Gasteiger partial charge >= 0.3 is 0 Å². The Morgan fingerprint density at radius 3 is 2.50 bits per heavy atom. The summed E-state index contributed by atoms with van der Waals surface area (Å²) in [6.45, 7) is 8.62. The van der Waals surface area contributed by atoms with Gasteiger partial charge in [-0.3, -0.25) is 0 Å². The maximum atomic E-state index is 10.1. The average molecular weight is 270 g/mol. The molecule has 0 fully saturated rings. The number of aliphatic hydroxyl groups excluding tert-OH is 1. The SMILES string of the molecule is CC(C)=CCCC(C)(C)CC(O)C#Cc1ccccc1. The van der Waals surface area contributed by atoms with E-state index in [2.05, 4.69) is 45.6 Å². The minimum Gasteiger partial charge on any atom is -0.380 e. The molecule has 0 amide bonds. The Kier molecular flexibility index (Phi) is 6.55. The lowest BCUT2D eigenvalue weighted by molar-refractivity contribution is 0.154. The van der Waals surface area contributed by atoms with Crippen LogP contribution in [0.4, 0.5) is 0 Å². The summed E-state index contributed by atoms with van der Waals surface area (Å²) in [6, 6.07) is 9.80. The van der Waals surface area contributed by atoms with Crippen molar-refractivity contribution >= 4 is 0 Å². The van der Waals surface area contributed by atoms with E-state index < -0.39 is 6.10 Å². The van der Waals surface area contributed by atoms with Crippen LogP contribution in [0, 0.1) is 17.3 Å². The third kappa shape index (κ3) is 7.16. The zero-order valence-electron chi connectivity index (χ0n) is 13.1. The molecule has 0 saturated heterocycles. The van der Waals surface area contributed by atoms with Gasteiger partial charge in [0.05, 0.1) is 0 Å². The number of hydrogen-bond acceptors (Lipinski definition) is 1. The highest BCUT2D eigenvalue weighted by molar-refractivity contribution is 5.34. The Hall–Kier alpha value is -1.52. The van der Waals surface area contributed by atoms with Gasteiger partial charge in [-0.2, -0.15) is 0 Å². The maximum Gasteiger partial charge on any atom is 0.115 e. The smallest absolute Gasteiger partial charge is 0.115 e. The van der Waals surface area contributed by atoms with Crippen LogP contribution in [0.3, 0.4) is 0 Å². The molecule has 0 heterocycles. The largest absolute Gasteiger partial charge is 0.380 e. The topological polar surface area (TPSA) is 20.2 Å². The predicted octanol–water partition coefficient (Wildman–Crippen LogP) is 4.56. The van der Waals surface area contributed by atoms with Gasteiger partial charge in [-0.05, 0) is 50.7 Å². The summed E-state index contributed by atoms with van der Waals surface area (Å²) in [7, 11) is 0. The fraction of sp³-hybridized carbons (Fsp3) is 0.474. The molecule has 108 valence electrons. The molecule has 0 saturated carbocycles. The Morgan fingerprint density at radius 2 is 1.90 bits per heavy atom. The molecule has 1 nitrogen and oxygen atoms in total. The van der Waals surface area contributed by atoms with Gasteiger partial charge < -0.3 is 5.11 Å². The molecule has 1 atom stereocenters. The first-order valence-electron chi connectivity index (χ1n) is 7.27. The summed E-state index contributed by atoms with van der Waals surface area (Å²) in [6.07, 6.45) is 4.54. The zero-order chi connectivity index (χ0) is 15.0. The van der Waals surface area contributed by atoms with E-state index in [9.17, 15) is 5.11 Å². The fourth-order valence-electron chi connectivity index (χ4n) is 2.12. The molecule has 1 unspecified atom stereocenters. The molecule has 20 heavy (non-hydrogen) atoms. The summed E-state index contributed by atoms with van der Waals surface area (Å²) >= 11 is 0. The second-order valence-corrected chi connectivity index (χ2v) is 6.34. The van der Waals surface area contributed by atoms with Crippen molar-refractivity contribution in [2.24, 2.45) is 5.41 Å². The first kappa shape index (κ1) is 16.5. The Labute approximate surface area is 123 Å². The van der Waals surface area contributed by atoms with Crippen molar-refractivity contribution < 1.29 is 5.11 Å². The van der Waals surface area contributed by atoms with Gasteiger partial charge in [0, 0.05) is 5.56 Å². The van der Waals surface area contributed by atoms with Crippen LogP contribution in [0.15, 0.2) is 42.0 Å². The maximum absolute atomic E-state index is 10.1. The third-order valence-corrected chi connectivity index (χ3v) is 3.28. The summed E-state index contributed by atoms with van der Waals surface area (Å²) in [4.78, 5) is 0. The van der Waals surface area contributed by atoms with E-state index in [1.54, 1.807) is 0 Å². The van der Waals surface area contributed by atoms with Gasteiger partial charge in [0.1, 0.15) is 6.10 Å². The number of rotatable bonds is 5. The van der Waals surface area contributed by atoms with Crippen molar-refractivity contribution in [3.05, 3.63) is 47.5 Å². The lowest BCUT2D eigenvalue weighted by Crippen LogP contribution is -2.19. The normalized spacial score (nSPS) is 12.2. The second-order valence-electron chi connectivity index (χ2n) is 6.34. The summed E-state index contributed by atoms with van der Waals surface area (Å²) in [5, 5.41) is 10.1. The molecule has 0 spiro atoms. The molecule has 1 aromatic rings. The number of benzene rings is 1. The van der Waals surface area contributed by atoms with Crippen LogP contribution in [0.1, 0.15) is 52.5 Å². The third-order valence-electron chi connectivity index (χ3n) is 3.28. The molecule has 0 radical (unpaired) electrons. The molecule has 1 aromatic carbocycles. The molecular formula is C19H26O. The van der Waals surface area contributed by atoms with Crippen LogP contribution < -0.4 is 0 Å². The lowest BCUT2D eigenvalue weighted by Gasteiger charge is -2.25. The van der Waals surface area contributed by atoms with E-state index in [1.165, 1.54) is 5.57 Å². The Bertz CT molecular complexity index is 481. The van der Waals surface area contributed by atoms with Crippen LogP contribution in [0.2, 0.25) is 0 Å².